The van der Waals surface area contributed by atoms with Crippen LogP contribution in [0.3, 0.4) is 0 Å². The van der Waals surface area contributed by atoms with Crippen molar-refractivity contribution in [1.82, 2.24) is 0 Å². The standard InChI is InChI=1S/C63H92O12/c1-4-7-10-13-16-19-22-25-27-28-30-33-36-39-42-45-48-51-57(66)74-61-59(68)58(67)60(62(69)70)75-63(61)72-53-54(73-56(65)50-47-44-41-38-35-31-24-21-18-15-12-9-6-3)52-71-55(64)49-46-43-40-37-34-32-29-26-23-20-17-14-11-8-5-2/h7-12,16-21,25-27,29-31,33-35,37,41,43-44,46,54,58-61,63,67-68H,4-6,13-15,22-24,28,32,36,38-40,42,45,47-53H2,1-3H3,(H,69,70)/b10-7-,11-8-,12-9-,19-16-,20-17-,21-18-,27-25-,29-26-,33-30-,35-31-,37-34-,44-41-,46-43-. The number of aliphatic hydroxyl groups is 2. The molecule has 1 fully saturated rings. The minimum atomic E-state index is -1.94. The van der Waals surface area contributed by atoms with E-state index in [2.05, 4.69) is 136 Å². The molecule has 1 aliphatic heterocycles. The van der Waals surface area contributed by atoms with Crippen LogP contribution in [0.2, 0.25) is 0 Å². The average molecular weight is 1040 g/mol. The lowest BCUT2D eigenvalue weighted by atomic mass is 9.98. The number of carboxylic acids is 1. The summed E-state index contributed by atoms with van der Waals surface area (Å²) in [6.45, 7) is 5.44. The highest BCUT2D eigenvalue weighted by Crippen LogP contribution is 2.26. The van der Waals surface area contributed by atoms with Crippen molar-refractivity contribution in [1.29, 1.82) is 0 Å². The number of aliphatic hydroxyl groups excluding tert-OH is 2. The summed E-state index contributed by atoms with van der Waals surface area (Å²) >= 11 is 0. The normalized spacial score (nSPS) is 19.4. The highest BCUT2D eigenvalue weighted by Gasteiger charge is 2.50. The fraction of sp³-hybridized carbons (Fsp3) is 0.524. The molecule has 416 valence electrons. The number of aliphatic carboxylic acids is 1. The lowest BCUT2D eigenvalue weighted by Gasteiger charge is -2.40. The topological polar surface area (TPSA) is 175 Å². The molecule has 3 N–H and O–H groups in total. The summed E-state index contributed by atoms with van der Waals surface area (Å²) in [7, 11) is 0. The number of unbranched alkanes of at least 4 members (excludes halogenated alkanes) is 4. The van der Waals surface area contributed by atoms with E-state index in [-0.39, 0.29) is 19.3 Å². The van der Waals surface area contributed by atoms with Crippen LogP contribution in [0.4, 0.5) is 0 Å². The SMILES string of the molecule is CC/C=C\C/C=C\C/C=C\C/C=C\C/C=C\CC(=O)OCC(COC1OC(C(=O)O)C(O)C(O)C1OC(=O)CCCCCC/C=C\C/C=C\C/C=C\C/C=C\CC)OC(=O)CC/C=C\C/C=C\C/C=C\C/C=C\CC. The molecule has 0 aliphatic carbocycles. The molecule has 0 radical (unpaired) electrons. The average Bonchev–Trinajstić information content (AvgIpc) is 3.39. The zero-order valence-electron chi connectivity index (χ0n) is 45.5. The lowest BCUT2D eigenvalue weighted by molar-refractivity contribution is -0.301. The number of carbonyl (C=O) groups excluding carboxylic acids is 3. The summed E-state index contributed by atoms with van der Waals surface area (Å²) in [6.07, 6.45) is 59.8. The first-order valence-corrected chi connectivity index (χ1v) is 27.5. The molecule has 1 heterocycles. The van der Waals surface area contributed by atoms with Crippen LogP contribution >= 0.6 is 0 Å². The fourth-order valence-electron chi connectivity index (χ4n) is 7.03. The van der Waals surface area contributed by atoms with E-state index in [1.807, 2.05) is 36.5 Å². The number of carbonyl (C=O) groups is 4. The maximum Gasteiger partial charge on any atom is 0.335 e. The number of ether oxygens (including phenoxy) is 5. The molecule has 0 aromatic carbocycles. The van der Waals surface area contributed by atoms with Gasteiger partial charge in [-0.25, -0.2) is 4.79 Å². The maximum atomic E-state index is 13.1. The monoisotopic (exact) mass is 1040 g/mol. The molecule has 0 spiro atoms. The minimum Gasteiger partial charge on any atom is -0.479 e. The Morgan fingerprint density at radius 3 is 1.32 bits per heavy atom. The van der Waals surface area contributed by atoms with Gasteiger partial charge in [0, 0.05) is 12.8 Å². The van der Waals surface area contributed by atoms with E-state index in [1.54, 1.807) is 6.08 Å². The largest absolute Gasteiger partial charge is 0.479 e. The van der Waals surface area contributed by atoms with Gasteiger partial charge in [0.1, 0.15) is 18.8 Å². The van der Waals surface area contributed by atoms with Crippen molar-refractivity contribution in [2.45, 2.75) is 199 Å². The molecule has 6 unspecified atom stereocenters. The van der Waals surface area contributed by atoms with E-state index in [1.165, 1.54) is 0 Å². The van der Waals surface area contributed by atoms with Crippen molar-refractivity contribution < 1.29 is 58.2 Å². The molecular formula is C63H92O12. The van der Waals surface area contributed by atoms with Crippen LogP contribution in [-0.4, -0.2) is 89.2 Å². The van der Waals surface area contributed by atoms with Crippen LogP contribution in [0, 0.1) is 0 Å². The van der Waals surface area contributed by atoms with Gasteiger partial charge >= 0.3 is 23.9 Å². The molecule has 0 amide bonds. The van der Waals surface area contributed by atoms with Crippen LogP contribution in [0.15, 0.2) is 158 Å². The van der Waals surface area contributed by atoms with Crippen molar-refractivity contribution in [3.63, 3.8) is 0 Å². The lowest BCUT2D eigenvalue weighted by Crippen LogP contribution is -2.61. The van der Waals surface area contributed by atoms with Gasteiger partial charge in [0.2, 0.25) is 0 Å². The van der Waals surface area contributed by atoms with Gasteiger partial charge in [-0.05, 0) is 109 Å². The van der Waals surface area contributed by atoms with Crippen molar-refractivity contribution in [2.24, 2.45) is 0 Å². The van der Waals surface area contributed by atoms with Gasteiger partial charge in [-0.15, -0.1) is 0 Å². The third-order valence-corrected chi connectivity index (χ3v) is 11.1. The van der Waals surface area contributed by atoms with E-state index in [0.29, 0.717) is 25.7 Å². The highest BCUT2D eigenvalue weighted by atomic mass is 16.7. The first kappa shape index (κ1) is 67.4. The number of hydrogen-bond donors (Lipinski definition) is 3. The van der Waals surface area contributed by atoms with Gasteiger partial charge < -0.3 is 39.0 Å². The van der Waals surface area contributed by atoms with Gasteiger partial charge in [-0.1, -0.05) is 192 Å². The number of rotatable bonds is 43. The number of carboxylic acid groups (broad SMARTS) is 1. The van der Waals surface area contributed by atoms with E-state index in [9.17, 15) is 34.5 Å². The van der Waals surface area contributed by atoms with Gasteiger partial charge in [-0.2, -0.15) is 0 Å². The van der Waals surface area contributed by atoms with Gasteiger partial charge in [0.05, 0.1) is 13.0 Å². The molecule has 0 aromatic rings. The number of esters is 3. The van der Waals surface area contributed by atoms with Gasteiger partial charge in [0.25, 0.3) is 0 Å². The second kappa shape index (κ2) is 49.2. The fourth-order valence-corrected chi connectivity index (χ4v) is 7.03. The van der Waals surface area contributed by atoms with Crippen LogP contribution in [0.1, 0.15) is 162 Å². The maximum absolute atomic E-state index is 13.1. The first-order valence-electron chi connectivity index (χ1n) is 27.5. The van der Waals surface area contributed by atoms with Crippen LogP contribution in [0.5, 0.6) is 0 Å². The molecule has 12 nitrogen and oxygen atoms in total. The Labute approximate surface area is 450 Å². The van der Waals surface area contributed by atoms with E-state index < -0.39 is 73.9 Å². The Hall–Kier alpha value is -5.66. The van der Waals surface area contributed by atoms with Crippen molar-refractivity contribution in [3.05, 3.63) is 158 Å². The predicted octanol–water partition coefficient (Wildman–Crippen LogP) is 13.8. The van der Waals surface area contributed by atoms with Crippen LogP contribution in [-0.2, 0) is 42.9 Å². The molecule has 0 saturated carbocycles. The smallest absolute Gasteiger partial charge is 0.335 e. The molecule has 1 rings (SSSR count). The van der Waals surface area contributed by atoms with Crippen molar-refractivity contribution in [2.75, 3.05) is 13.2 Å². The quantitative estimate of drug-likeness (QED) is 0.0228. The minimum absolute atomic E-state index is 0.00568. The molecular weight excluding hydrogens is 949 g/mol. The van der Waals surface area contributed by atoms with Crippen LogP contribution < -0.4 is 0 Å². The summed E-state index contributed by atoms with van der Waals surface area (Å²) in [5, 5.41) is 31.4. The molecule has 12 heteroatoms. The third-order valence-electron chi connectivity index (χ3n) is 11.1. The van der Waals surface area contributed by atoms with Crippen LogP contribution in [0.25, 0.3) is 0 Å². The summed E-state index contributed by atoms with van der Waals surface area (Å²) in [5.41, 5.74) is 0. The third kappa shape index (κ3) is 39.4. The Morgan fingerprint density at radius 1 is 0.453 bits per heavy atom. The summed E-state index contributed by atoms with van der Waals surface area (Å²) < 4.78 is 28.1. The van der Waals surface area contributed by atoms with Gasteiger partial charge in [0.15, 0.2) is 24.6 Å². The number of allylic oxidation sites excluding steroid dienone is 25. The Balaban J connectivity index is 2.83. The molecule has 75 heavy (non-hydrogen) atoms. The molecule has 6 atom stereocenters. The van der Waals surface area contributed by atoms with E-state index in [0.717, 1.165) is 96.3 Å². The molecule has 1 aliphatic rings. The zero-order valence-corrected chi connectivity index (χ0v) is 45.5. The summed E-state index contributed by atoms with van der Waals surface area (Å²) in [4.78, 5) is 50.9. The second-order valence-electron chi connectivity index (χ2n) is 17.7. The molecule has 0 bridgehead atoms. The second-order valence-corrected chi connectivity index (χ2v) is 17.7. The summed E-state index contributed by atoms with van der Waals surface area (Å²) in [5.74, 6) is -3.46. The summed E-state index contributed by atoms with van der Waals surface area (Å²) in [6, 6.07) is 0. The Morgan fingerprint density at radius 2 is 0.867 bits per heavy atom. The Kier molecular flexibility index (Phi) is 44.2. The van der Waals surface area contributed by atoms with E-state index >= 15 is 0 Å². The number of hydrogen-bond acceptors (Lipinski definition) is 11. The van der Waals surface area contributed by atoms with Crippen molar-refractivity contribution in [3.8, 4) is 0 Å². The zero-order chi connectivity index (χ0) is 54.7. The first-order chi connectivity index (χ1) is 36.6. The van der Waals surface area contributed by atoms with Crippen molar-refractivity contribution >= 4 is 23.9 Å². The predicted molar refractivity (Wildman–Crippen MR) is 302 cm³/mol. The highest BCUT2D eigenvalue weighted by molar-refractivity contribution is 5.74. The molecule has 0 aromatic heterocycles. The van der Waals surface area contributed by atoms with Gasteiger partial charge in [-0.3, -0.25) is 14.4 Å². The van der Waals surface area contributed by atoms with E-state index in [4.69, 9.17) is 23.7 Å². The Bertz CT molecular complexity index is 1910. The molecule has 1 saturated heterocycles.